The quantitative estimate of drug-likeness (QED) is 0.884. The van der Waals surface area contributed by atoms with Crippen LogP contribution in [0.2, 0.25) is 5.02 Å². The molecule has 2 N–H and O–H groups in total. The lowest BCUT2D eigenvalue weighted by molar-refractivity contribution is -0.128. The molecule has 0 saturated carbocycles. The van der Waals surface area contributed by atoms with E-state index in [4.69, 9.17) is 11.6 Å². The fourth-order valence-corrected chi connectivity index (χ4v) is 3.10. The minimum Gasteiger partial charge on any atom is -0.354 e. The number of hydrogen-bond donors (Lipinski definition) is 2. The lowest BCUT2D eigenvalue weighted by Crippen LogP contribution is -2.51. The molecular formula is C19H20ClN3O2. The number of nitrogens with one attached hydrogen (secondary N) is 2. The van der Waals surface area contributed by atoms with E-state index in [1.807, 2.05) is 54.3 Å². The number of aryl methyl sites for hydroxylation is 1. The summed E-state index contributed by atoms with van der Waals surface area (Å²) in [4.78, 5) is 26.6. The standard InChI is InChI=1S/C19H20ClN3O2/c1-13-7-8-15(11-16(13)20)22-19(25)18(14-5-3-2-4-6-14)23-10-9-21-17(24)12-23/h2-8,11,18H,9-10,12H2,1H3,(H,21,24)(H,22,25)/t18-/m0/s1. The Morgan fingerprint density at radius 3 is 2.68 bits per heavy atom. The Morgan fingerprint density at radius 1 is 1.24 bits per heavy atom. The number of nitrogens with zero attached hydrogens (tertiary/aromatic N) is 1. The number of halogens is 1. The average Bonchev–Trinajstić information content (AvgIpc) is 2.59. The number of anilines is 1. The van der Waals surface area contributed by atoms with Crippen LogP contribution >= 0.6 is 11.6 Å². The molecule has 1 heterocycles. The number of rotatable bonds is 4. The molecule has 0 radical (unpaired) electrons. The summed E-state index contributed by atoms with van der Waals surface area (Å²) < 4.78 is 0. The van der Waals surface area contributed by atoms with Crippen LogP contribution in [0.1, 0.15) is 17.2 Å². The van der Waals surface area contributed by atoms with Crippen LogP contribution in [0.5, 0.6) is 0 Å². The number of carbonyl (C=O) groups is 2. The highest BCUT2D eigenvalue weighted by molar-refractivity contribution is 6.31. The summed E-state index contributed by atoms with van der Waals surface area (Å²) in [6, 6.07) is 14.4. The van der Waals surface area contributed by atoms with Crippen molar-refractivity contribution < 1.29 is 9.59 Å². The second-order valence-corrected chi connectivity index (χ2v) is 6.49. The van der Waals surface area contributed by atoms with Crippen LogP contribution in [0, 0.1) is 6.92 Å². The van der Waals surface area contributed by atoms with Crippen molar-refractivity contribution in [1.82, 2.24) is 10.2 Å². The van der Waals surface area contributed by atoms with Gasteiger partial charge in [0.1, 0.15) is 6.04 Å². The monoisotopic (exact) mass is 357 g/mol. The van der Waals surface area contributed by atoms with Crippen LogP contribution in [0.3, 0.4) is 0 Å². The van der Waals surface area contributed by atoms with Gasteiger partial charge in [-0.2, -0.15) is 0 Å². The van der Waals surface area contributed by atoms with Crippen LogP contribution in [0.15, 0.2) is 48.5 Å². The summed E-state index contributed by atoms with van der Waals surface area (Å²) in [6.07, 6.45) is 0. The van der Waals surface area contributed by atoms with Crippen molar-refractivity contribution in [2.75, 3.05) is 25.0 Å². The highest BCUT2D eigenvalue weighted by Gasteiger charge is 2.31. The van der Waals surface area contributed by atoms with E-state index in [-0.39, 0.29) is 18.4 Å². The molecule has 0 aromatic heterocycles. The zero-order chi connectivity index (χ0) is 17.8. The smallest absolute Gasteiger partial charge is 0.246 e. The molecule has 3 rings (SSSR count). The number of amides is 2. The molecular weight excluding hydrogens is 338 g/mol. The molecule has 2 aromatic rings. The molecule has 25 heavy (non-hydrogen) atoms. The largest absolute Gasteiger partial charge is 0.354 e. The predicted molar refractivity (Wildman–Crippen MR) is 98.6 cm³/mol. The topological polar surface area (TPSA) is 61.4 Å². The number of piperazine rings is 1. The molecule has 130 valence electrons. The lowest BCUT2D eigenvalue weighted by atomic mass is 10.0. The van der Waals surface area contributed by atoms with Gasteiger partial charge in [-0.05, 0) is 30.2 Å². The van der Waals surface area contributed by atoms with Crippen molar-refractivity contribution in [2.24, 2.45) is 0 Å². The van der Waals surface area contributed by atoms with E-state index in [9.17, 15) is 9.59 Å². The third-order valence-corrected chi connectivity index (χ3v) is 4.64. The number of carbonyl (C=O) groups excluding carboxylic acids is 2. The highest BCUT2D eigenvalue weighted by atomic mass is 35.5. The van der Waals surface area contributed by atoms with Gasteiger partial charge in [0.15, 0.2) is 0 Å². The van der Waals surface area contributed by atoms with Crippen LogP contribution in [0.25, 0.3) is 0 Å². The van der Waals surface area contributed by atoms with Crippen LogP contribution in [-0.2, 0) is 9.59 Å². The maximum absolute atomic E-state index is 13.0. The molecule has 2 amide bonds. The summed E-state index contributed by atoms with van der Waals surface area (Å²) in [6.45, 7) is 3.26. The molecule has 0 unspecified atom stereocenters. The molecule has 2 aromatic carbocycles. The van der Waals surface area contributed by atoms with E-state index in [0.29, 0.717) is 23.8 Å². The Labute approximate surface area is 152 Å². The Hall–Kier alpha value is -2.37. The van der Waals surface area contributed by atoms with E-state index in [2.05, 4.69) is 10.6 Å². The average molecular weight is 358 g/mol. The second-order valence-electron chi connectivity index (χ2n) is 6.09. The van der Waals surface area contributed by atoms with Gasteiger partial charge in [-0.3, -0.25) is 14.5 Å². The third-order valence-electron chi connectivity index (χ3n) is 4.24. The molecule has 1 atom stereocenters. The van der Waals surface area contributed by atoms with Crippen LogP contribution in [0.4, 0.5) is 5.69 Å². The molecule has 0 spiro atoms. The summed E-state index contributed by atoms with van der Waals surface area (Å²) >= 11 is 6.15. The number of benzene rings is 2. The molecule has 0 bridgehead atoms. The van der Waals surface area contributed by atoms with Crippen molar-refractivity contribution in [3.63, 3.8) is 0 Å². The molecule has 1 fully saturated rings. The van der Waals surface area contributed by atoms with Gasteiger partial charge in [0.2, 0.25) is 11.8 Å². The van der Waals surface area contributed by atoms with E-state index in [0.717, 1.165) is 11.1 Å². The predicted octanol–water partition coefficient (Wildman–Crippen LogP) is 2.76. The molecule has 6 heteroatoms. The van der Waals surface area contributed by atoms with E-state index >= 15 is 0 Å². The van der Waals surface area contributed by atoms with E-state index in [1.165, 1.54) is 0 Å². The molecule has 1 aliphatic rings. The minimum absolute atomic E-state index is 0.0710. The summed E-state index contributed by atoms with van der Waals surface area (Å²) in [5.41, 5.74) is 2.45. The van der Waals surface area contributed by atoms with Crippen LogP contribution in [-0.4, -0.2) is 36.3 Å². The van der Waals surface area contributed by atoms with E-state index < -0.39 is 6.04 Å². The van der Waals surface area contributed by atoms with Gasteiger partial charge in [0.25, 0.3) is 0 Å². The second kappa shape index (κ2) is 7.68. The van der Waals surface area contributed by atoms with Crippen molar-refractivity contribution in [3.05, 3.63) is 64.7 Å². The van der Waals surface area contributed by atoms with Crippen molar-refractivity contribution >= 4 is 29.1 Å². The van der Waals surface area contributed by atoms with Gasteiger partial charge in [-0.1, -0.05) is 48.0 Å². The first kappa shape index (κ1) is 17.5. The zero-order valence-electron chi connectivity index (χ0n) is 14.0. The first-order valence-corrected chi connectivity index (χ1v) is 8.55. The molecule has 1 saturated heterocycles. The molecule has 1 aliphatic heterocycles. The maximum Gasteiger partial charge on any atom is 0.246 e. The lowest BCUT2D eigenvalue weighted by Gasteiger charge is -2.33. The Kier molecular flexibility index (Phi) is 5.36. The fraction of sp³-hybridized carbons (Fsp3) is 0.263. The third kappa shape index (κ3) is 4.18. The zero-order valence-corrected chi connectivity index (χ0v) is 14.7. The van der Waals surface area contributed by atoms with Gasteiger partial charge >= 0.3 is 0 Å². The first-order valence-electron chi connectivity index (χ1n) is 8.17. The Morgan fingerprint density at radius 2 is 2.00 bits per heavy atom. The summed E-state index contributed by atoms with van der Waals surface area (Å²) in [7, 11) is 0. The molecule has 5 nitrogen and oxygen atoms in total. The van der Waals surface area contributed by atoms with Crippen LogP contribution < -0.4 is 10.6 Å². The molecule has 0 aliphatic carbocycles. The highest BCUT2D eigenvalue weighted by Crippen LogP contribution is 2.25. The minimum atomic E-state index is -0.535. The maximum atomic E-state index is 13.0. The van der Waals surface area contributed by atoms with Crippen molar-refractivity contribution in [2.45, 2.75) is 13.0 Å². The van der Waals surface area contributed by atoms with Gasteiger partial charge in [-0.15, -0.1) is 0 Å². The first-order chi connectivity index (χ1) is 12.0. The number of hydrogen-bond acceptors (Lipinski definition) is 3. The van der Waals surface area contributed by atoms with Crippen molar-refractivity contribution in [3.8, 4) is 0 Å². The Balaban J connectivity index is 1.86. The van der Waals surface area contributed by atoms with Gasteiger partial charge in [0.05, 0.1) is 6.54 Å². The van der Waals surface area contributed by atoms with Crippen molar-refractivity contribution in [1.29, 1.82) is 0 Å². The van der Waals surface area contributed by atoms with Gasteiger partial charge < -0.3 is 10.6 Å². The van der Waals surface area contributed by atoms with Gasteiger partial charge in [-0.25, -0.2) is 0 Å². The van der Waals surface area contributed by atoms with E-state index in [1.54, 1.807) is 6.07 Å². The SMILES string of the molecule is Cc1ccc(NC(=O)[C@H](c2ccccc2)N2CCNC(=O)C2)cc1Cl. The Bertz CT molecular complexity index is 779. The fourth-order valence-electron chi connectivity index (χ4n) is 2.92. The summed E-state index contributed by atoms with van der Waals surface area (Å²) in [5, 5.41) is 6.32. The normalized spacial score (nSPS) is 16.2. The summed E-state index contributed by atoms with van der Waals surface area (Å²) in [5.74, 6) is -0.251. The van der Waals surface area contributed by atoms with Gasteiger partial charge in [0, 0.05) is 23.8 Å².